The van der Waals surface area contributed by atoms with Crippen molar-refractivity contribution in [1.82, 2.24) is 5.32 Å². The lowest BCUT2D eigenvalue weighted by atomic mass is 9.92. The largest absolute Gasteiger partial charge is 0.388 e. The lowest BCUT2D eigenvalue weighted by Gasteiger charge is -2.33. The second-order valence-electron chi connectivity index (χ2n) is 4.45. The van der Waals surface area contributed by atoms with Crippen LogP contribution in [-0.2, 0) is 0 Å². The normalized spacial score (nSPS) is 19.0. The van der Waals surface area contributed by atoms with Crippen molar-refractivity contribution in [2.75, 3.05) is 25.0 Å². The van der Waals surface area contributed by atoms with Crippen LogP contribution in [0.2, 0.25) is 0 Å². The third kappa shape index (κ3) is 3.14. The van der Waals surface area contributed by atoms with E-state index in [4.69, 9.17) is 0 Å². The summed E-state index contributed by atoms with van der Waals surface area (Å²) < 4.78 is 26.0. The number of aliphatic hydroxyl groups is 1. The number of anilines is 1. The summed E-state index contributed by atoms with van der Waals surface area (Å²) >= 11 is 0. The maximum Gasteiger partial charge on any atom is 0.149 e. The van der Waals surface area contributed by atoms with E-state index < -0.39 is 17.2 Å². The Labute approximate surface area is 98.8 Å². The van der Waals surface area contributed by atoms with Gasteiger partial charge in [0, 0.05) is 12.6 Å². The molecule has 0 aliphatic carbocycles. The van der Waals surface area contributed by atoms with Crippen molar-refractivity contribution in [1.29, 1.82) is 0 Å². The first-order valence-electron chi connectivity index (χ1n) is 5.71. The number of halogens is 2. The zero-order valence-corrected chi connectivity index (χ0v) is 9.47. The molecule has 3 N–H and O–H groups in total. The maximum absolute atomic E-state index is 13.3. The van der Waals surface area contributed by atoms with Gasteiger partial charge in [0.25, 0.3) is 0 Å². The molecular weight excluding hydrogens is 226 g/mol. The minimum atomic E-state index is -0.813. The van der Waals surface area contributed by atoms with Gasteiger partial charge in [-0.2, -0.15) is 0 Å². The van der Waals surface area contributed by atoms with E-state index in [1.54, 1.807) is 0 Å². The molecule has 0 spiro atoms. The molecule has 0 aromatic heterocycles. The Kier molecular flexibility index (Phi) is 3.59. The lowest BCUT2D eigenvalue weighted by molar-refractivity contribution is 0.0231. The van der Waals surface area contributed by atoms with E-state index in [0.717, 1.165) is 19.2 Å². The van der Waals surface area contributed by atoms with E-state index in [1.165, 1.54) is 12.1 Å². The molecule has 0 amide bonds. The molecule has 0 bridgehead atoms. The quantitative estimate of drug-likeness (QED) is 0.752. The van der Waals surface area contributed by atoms with Crippen molar-refractivity contribution in [3.8, 4) is 0 Å². The van der Waals surface area contributed by atoms with Crippen molar-refractivity contribution in [3.63, 3.8) is 0 Å². The first kappa shape index (κ1) is 12.3. The molecule has 0 unspecified atom stereocenters. The lowest BCUT2D eigenvalue weighted by Crippen LogP contribution is -2.46. The van der Waals surface area contributed by atoms with Crippen LogP contribution in [0.15, 0.2) is 18.2 Å². The summed E-state index contributed by atoms with van der Waals surface area (Å²) in [6.45, 7) is 1.78. The van der Waals surface area contributed by atoms with Gasteiger partial charge in [0.15, 0.2) is 0 Å². The average molecular weight is 242 g/mol. The minimum absolute atomic E-state index is 0.221. The molecule has 1 saturated heterocycles. The number of rotatable bonds is 3. The number of nitrogens with one attached hydrogen (secondary N) is 2. The van der Waals surface area contributed by atoms with E-state index in [1.807, 2.05) is 0 Å². The molecule has 1 aromatic rings. The summed E-state index contributed by atoms with van der Waals surface area (Å²) in [5.41, 5.74) is -0.593. The molecule has 2 rings (SSSR count). The smallest absolute Gasteiger partial charge is 0.149 e. The summed E-state index contributed by atoms with van der Waals surface area (Å²) in [5, 5.41) is 16.2. The predicted molar refractivity (Wildman–Crippen MR) is 61.9 cm³/mol. The Morgan fingerprint density at radius 2 is 2.00 bits per heavy atom. The Balaban J connectivity index is 1.97. The Morgan fingerprint density at radius 3 is 2.65 bits per heavy atom. The van der Waals surface area contributed by atoms with Crippen LogP contribution in [0, 0.1) is 11.6 Å². The van der Waals surface area contributed by atoms with Gasteiger partial charge in [0.1, 0.15) is 11.6 Å². The number of piperidine rings is 1. The van der Waals surface area contributed by atoms with Crippen molar-refractivity contribution in [3.05, 3.63) is 29.8 Å². The van der Waals surface area contributed by atoms with Crippen molar-refractivity contribution in [2.24, 2.45) is 0 Å². The highest BCUT2D eigenvalue weighted by Crippen LogP contribution is 2.21. The molecule has 1 aliphatic rings. The van der Waals surface area contributed by atoms with Crippen molar-refractivity contribution >= 4 is 5.69 Å². The zero-order chi connectivity index (χ0) is 12.3. The van der Waals surface area contributed by atoms with Crippen LogP contribution in [0.3, 0.4) is 0 Å². The minimum Gasteiger partial charge on any atom is -0.388 e. The van der Waals surface area contributed by atoms with Crippen LogP contribution in [0.1, 0.15) is 12.8 Å². The second-order valence-corrected chi connectivity index (χ2v) is 4.45. The zero-order valence-electron chi connectivity index (χ0n) is 9.47. The number of hydrogen-bond acceptors (Lipinski definition) is 3. The molecule has 5 heteroatoms. The average Bonchev–Trinajstić information content (AvgIpc) is 2.29. The van der Waals surface area contributed by atoms with Gasteiger partial charge in [-0.3, -0.25) is 0 Å². The second kappa shape index (κ2) is 4.98. The molecule has 1 fully saturated rings. The highest BCUT2D eigenvalue weighted by Gasteiger charge is 2.28. The summed E-state index contributed by atoms with van der Waals surface area (Å²) in [5.74, 6) is -1.24. The molecular formula is C12H16F2N2O. The molecule has 1 heterocycles. The van der Waals surface area contributed by atoms with Crippen molar-refractivity contribution < 1.29 is 13.9 Å². The predicted octanol–water partition coefficient (Wildman–Crippen LogP) is 1.49. The van der Waals surface area contributed by atoms with E-state index in [9.17, 15) is 13.9 Å². The molecule has 94 valence electrons. The van der Waals surface area contributed by atoms with Gasteiger partial charge >= 0.3 is 0 Å². The van der Waals surface area contributed by atoms with Crippen LogP contribution in [0.5, 0.6) is 0 Å². The highest BCUT2D eigenvalue weighted by molar-refractivity contribution is 5.45. The third-order valence-corrected chi connectivity index (χ3v) is 3.07. The molecule has 0 atom stereocenters. The van der Waals surface area contributed by atoms with Crippen LogP contribution in [0.4, 0.5) is 14.5 Å². The number of benzene rings is 1. The molecule has 3 nitrogen and oxygen atoms in total. The van der Waals surface area contributed by atoms with Crippen LogP contribution in [0.25, 0.3) is 0 Å². The fourth-order valence-electron chi connectivity index (χ4n) is 1.96. The van der Waals surface area contributed by atoms with Gasteiger partial charge in [-0.1, -0.05) is 0 Å². The molecule has 0 radical (unpaired) electrons. The van der Waals surface area contributed by atoms with E-state index in [-0.39, 0.29) is 12.2 Å². The summed E-state index contributed by atoms with van der Waals surface area (Å²) in [6.07, 6.45) is 1.26. The Bertz CT molecular complexity index is 392. The van der Waals surface area contributed by atoms with Gasteiger partial charge in [0.05, 0.1) is 11.3 Å². The van der Waals surface area contributed by atoms with Crippen LogP contribution >= 0.6 is 0 Å². The van der Waals surface area contributed by atoms with E-state index in [2.05, 4.69) is 10.6 Å². The molecule has 1 aromatic carbocycles. The Hall–Kier alpha value is -1.20. The first-order valence-corrected chi connectivity index (χ1v) is 5.71. The maximum atomic E-state index is 13.3. The van der Waals surface area contributed by atoms with Gasteiger partial charge in [-0.15, -0.1) is 0 Å². The standard InChI is InChI=1S/C12H16F2N2O/c13-9-1-2-11(10(14)7-9)16-8-12(17)3-5-15-6-4-12/h1-2,7,15-17H,3-6,8H2. The molecule has 17 heavy (non-hydrogen) atoms. The molecule has 1 aliphatic heterocycles. The highest BCUT2D eigenvalue weighted by atomic mass is 19.1. The first-order chi connectivity index (χ1) is 8.09. The van der Waals surface area contributed by atoms with Gasteiger partial charge in [-0.25, -0.2) is 8.78 Å². The monoisotopic (exact) mass is 242 g/mol. The molecule has 0 saturated carbocycles. The summed E-state index contributed by atoms with van der Waals surface area (Å²) in [4.78, 5) is 0. The Morgan fingerprint density at radius 1 is 1.29 bits per heavy atom. The summed E-state index contributed by atoms with van der Waals surface area (Å²) in [6, 6.07) is 3.36. The SMILES string of the molecule is OC1(CNc2ccc(F)cc2F)CCNCC1. The van der Waals surface area contributed by atoms with Crippen molar-refractivity contribution in [2.45, 2.75) is 18.4 Å². The topological polar surface area (TPSA) is 44.3 Å². The van der Waals surface area contributed by atoms with E-state index >= 15 is 0 Å². The van der Waals surface area contributed by atoms with E-state index in [0.29, 0.717) is 12.8 Å². The fourth-order valence-corrected chi connectivity index (χ4v) is 1.96. The van der Waals surface area contributed by atoms with Crippen LogP contribution in [-0.4, -0.2) is 30.3 Å². The van der Waals surface area contributed by atoms with Gasteiger partial charge in [0.2, 0.25) is 0 Å². The van der Waals surface area contributed by atoms with Gasteiger partial charge in [-0.05, 0) is 38.1 Å². The summed E-state index contributed by atoms with van der Waals surface area (Å²) in [7, 11) is 0. The van der Waals surface area contributed by atoms with Gasteiger partial charge < -0.3 is 15.7 Å². The fraction of sp³-hybridized carbons (Fsp3) is 0.500. The third-order valence-electron chi connectivity index (χ3n) is 3.07. The number of hydrogen-bond donors (Lipinski definition) is 3. The van der Waals surface area contributed by atoms with Crippen LogP contribution < -0.4 is 10.6 Å².